The van der Waals surface area contributed by atoms with Crippen molar-refractivity contribution in [3.63, 3.8) is 0 Å². The van der Waals surface area contributed by atoms with Crippen molar-refractivity contribution in [3.05, 3.63) is 18.6 Å². The number of carboxylic acid groups (broad SMARTS) is 1. The van der Waals surface area contributed by atoms with Gasteiger partial charge in [0.05, 0.1) is 5.03 Å². The monoisotopic (exact) mass is 267 g/mol. The molecule has 98 valence electrons. The minimum atomic E-state index is -0.815. The summed E-state index contributed by atoms with van der Waals surface area (Å²) in [6.07, 6.45) is 5.13. The molecule has 1 fully saturated rings. The summed E-state index contributed by atoms with van der Waals surface area (Å²) in [6, 6.07) is 1.80. The lowest BCUT2D eigenvalue weighted by molar-refractivity contribution is -0.144. The third kappa shape index (κ3) is 2.81. The van der Waals surface area contributed by atoms with Crippen molar-refractivity contribution in [1.29, 1.82) is 0 Å². The van der Waals surface area contributed by atoms with Gasteiger partial charge < -0.3 is 10.4 Å². The average Bonchev–Trinajstić information content (AvgIpc) is 3.20. The Hall–Kier alpha value is -1.14. The Morgan fingerprint density at radius 3 is 2.94 bits per heavy atom. The number of nitrogens with one attached hydrogen (secondary N) is 1. The first-order valence-electron chi connectivity index (χ1n) is 6.06. The molecule has 1 heterocycles. The molecule has 1 aliphatic rings. The Bertz CT molecular complexity index is 411. The maximum absolute atomic E-state index is 11.6. The van der Waals surface area contributed by atoms with Gasteiger partial charge >= 0.3 is 5.97 Å². The second-order valence-electron chi connectivity index (χ2n) is 4.42. The normalized spacial score (nSPS) is 18.3. The van der Waals surface area contributed by atoms with Gasteiger partial charge in [-0.05, 0) is 31.4 Å². The van der Waals surface area contributed by atoms with E-state index < -0.39 is 11.5 Å². The van der Waals surface area contributed by atoms with E-state index in [1.54, 1.807) is 12.3 Å². The SMILES string of the molecule is CCNC(CSc1ccncn1)(C(=O)O)C1CC1. The lowest BCUT2D eigenvalue weighted by Gasteiger charge is -2.29. The quantitative estimate of drug-likeness (QED) is 0.575. The smallest absolute Gasteiger partial charge is 0.325 e. The summed E-state index contributed by atoms with van der Waals surface area (Å²) >= 11 is 1.47. The summed E-state index contributed by atoms with van der Waals surface area (Å²) in [5.74, 6) is -0.0182. The van der Waals surface area contributed by atoms with E-state index in [0.29, 0.717) is 12.3 Å². The molecule has 18 heavy (non-hydrogen) atoms. The van der Waals surface area contributed by atoms with Crippen LogP contribution in [-0.4, -0.2) is 38.9 Å². The van der Waals surface area contributed by atoms with Gasteiger partial charge in [-0.3, -0.25) is 4.79 Å². The van der Waals surface area contributed by atoms with Crippen molar-refractivity contribution in [3.8, 4) is 0 Å². The van der Waals surface area contributed by atoms with Crippen molar-refractivity contribution in [2.24, 2.45) is 5.92 Å². The number of carboxylic acids is 1. The Labute approximate surface area is 110 Å². The van der Waals surface area contributed by atoms with Crippen LogP contribution in [0.2, 0.25) is 0 Å². The zero-order valence-corrected chi connectivity index (χ0v) is 11.1. The molecule has 1 unspecified atom stereocenters. The lowest BCUT2D eigenvalue weighted by Crippen LogP contribution is -2.56. The summed E-state index contributed by atoms with van der Waals surface area (Å²) < 4.78 is 0. The van der Waals surface area contributed by atoms with Crippen molar-refractivity contribution < 1.29 is 9.90 Å². The van der Waals surface area contributed by atoms with Gasteiger partial charge in [-0.15, -0.1) is 11.8 Å². The Balaban J connectivity index is 2.07. The molecule has 1 aromatic rings. The predicted molar refractivity (Wildman–Crippen MR) is 69.5 cm³/mol. The Kier molecular flexibility index (Phi) is 4.19. The first-order chi connectivity index (χ1) is 8.69. The fourth-order valence-electron chi connectivity index (χ4n) is 2.07. The van der Waals surface area contributed by atoms with Crippen LogP contribution in [0.5, 0.6) is 0 Å². The number of hydrogen-bond donors (Lipinski definition) is 2. The molecule has 0 amide bonds. The molecule has 0 radical (unpaired) electrons. The molecule has 1 saturated carbocycles. The number of aromatic nitrogens is 2. The second kappa shape index (κ2) is 5.67. The van der Waals surface area contributed by atoms with E-state index in [4.69, 9.17) is 0 Å². The largest absolute Gasteiger partial charge is 0.480 e. The highest BCUT2D eigenvalue weighted by Crippen LogP contribution is 2.42. The van der Waals surface area contributed by atoms with Crippen molar-refractivity contribution in [1.82, 2.24) is 15.3 Å². The standard InChI is InChI=1S/C12H17N3O2S/c1-2-15-12(11(16)17,9-3-4-9)7-18-10-5-6-13-8-14-10/h5-6,8-9,15H,2-4,7H2,1H3,(H,16,17). The Morgan fingerprint density at radius 1 is 1.67 bits per heavy atom. The fourth-order valence-corrected chi connectivity index (χ4v) is 3.18. The number of hydrogen-bond acceptors (Lipinski definition) is 5. The maximum Gasteiger partial charge on any atom is 0.325 e. The molecule has 0 aliphatic heterocycles. The minimum absolute atomic E-state index is 0.240. The van der Waals surface area contributed by atoms with Gasteiger partial charge in [0.15, 0.2) is 0 Å². The fraction of sp³-hybridized carbons (Fsp3) is 0.583. The summed E-state index contributed by atoms with van der Waals surface area (Å²) in [4.78, 5) is 19.6. The molecule has 0 spiro atoms. The predicted octanol–water partition coefficient (Wildman–Crippen LogP) is 1.41. The summed E-state index contributed by atoms with van der Waals surface area (Å²) in [5.41, 5.74) is -0.815. The number of likely N-dealkylation sites (N-methyl/N-ethyl adjacent to an activating group) is 1. The molecule has 1 aromatic heterocycles. The number of carbonyl (C=O) groups is 1. The van der Waals surface area contributed by atoms with E-state index in [9.17, 15) is 9.90 Å². The first kappa shape index (κ1) is 13.3. The number of rotatable bonds is 7. The van der Waals surface area contributed by atoms with Crippen molar-refractivity contribution in [2.45, 2.75) is 30.3 Å². The minimum Gasteiger partial charge on any atom is -0.480 e. The van der Waals surface area contributed by atoms with Crippen LogP contribution in [0.3, 0.4) is 0 Å². The highest BCUT2D eigenvalue weighted by atomic mass is 32.2. The highest BCUT2D eigenvalue weighted by Gasteiger charge is 2.50. The maximum atomic E-state index is 11.6. The van der Waals surface area contributed by atoms with Crippen molar-refractivity contribution >= 4 is 17.7 Å². The van der Waals surface area contributed by atoms with Crippen LogP contribution in [0.4, 0.5) is 0 Å². The van der Waals surface area contributed by atoms with Crippen molar-refractivity contribution in [2.75, 3.05) is 12.3 Å². The summed E-state index contributed by atoms with van der Waals surface area (Å²) in [5, 5.41) is 13.5. The molecule has 1 atom stereocenters. The van der Waals surface area contributed by atoms with Crippen LogP contribution < -0.4 is 5.32 Å². The van der Waals surface area contributed by atoms with Crippen LogP contribution in [0.25, 0.3) is 0 Å². The van der Waals surface area contributed by atoms with Crippen LogP contribution in [0.1, 0.15) is 19.8 Å². The number of thioether (sulfide) groups is 1. The topological polar surface area (TPSA) is 75.1 Å². The first-order valence-corrected chi connectivity index (χ1v) is 7.05. The van der Waals surface area contributed by atoms with Crippen LogP contribution in [0.15, 0.2) is 23.6 Å². The van der Waals surface area contributed by atoms with Crippen LogP contribution in [-0.2, 0) is 4.79 Å². The third-order valence-corrected chi connectivity index (χ3v) is 4.29. The zero-order valence-electron chi connectivity index (χ0n) is 10.3. The molecule has 0 saturated heterocycles. The van der Waals surface area contributed by atoms with Gasteiger partial charge in [0.1, 0.15) is 11.9 Å². The van der Waals surface area contributed by atoms with E-state index in [2.05, 4.69) is 15.3 Å². The highest BCUT2D eigenvalue weighted by molar-refractivity contribution is 7.99. The molecule has 0 aromatic carbocycles. The summed E-state index contributed by atoms with van der Waals surface area (Å²) in [6.45, 7) is 2.60. The van der Waals surface area contributed by atoms with E-state index in [-0.39, 0.29) is 5.92 Å². The van der Waals surface area contributed by atoms with Gasteiger partial charge in [0.25, 0.3) is 0 Å². The zero-order chi connectivity index (χ0) is 13.0. The number of nitrogens with zero attached hydrogens (tertiary/aromatic N) is 2. The molecular weight excluding hydrogens is 250 g/mol. The van der Waals surface area contributed by atoms with Gasteiger partial charge in [-0.2, -0.15) is 0 Å². The van der Waals surface area contributed by atoms with Gasteiger partial charge in [-0.25, -0.2) is 9.97 Å². The van der Waals surface area contributed by atoms with Gasteiger partial charge in [-0.1, -0.05) is 6.92 Å². The van der Waals surface area contributed by atoms with E-state index in [0.717, 1.165) is 17.9 Å². The lowest BCUT2D eigenvalue weighted by atomic mass is 9.96. The Morgan fingerprint density at radius 2 is 2.44 bits per heavy atom. The second-order valence-corrected chi connectivity index (χ2v) is 5.41. The number of aliphatic carboxylic acids is 1. The van der Waals surface area contributed by atoms with E-state index in [1.165, 1.54) is 18.1 Å². The molecule has 5 nitrogen and oxygen atoms in total. The molecule has 1 aliphatic carbocycles. The van der Waals surface area contributed by atoms with Gasteiger partial charge in [0.2, 0.25) is 0 Å². The summed E-state index contributed by atoms with van der Waals surface area (Å²) in [7, 11) is 0. The molecule has 6 heteroatoms. The van der Waals surface area contributed by atoms with Crippen LogP contribution in [0, 0.1) is 5.92 Å². The average molecular weight is 267 g/mol. The van der Waals surface area contributed by atoms with E-state index in [1.807, 2.05) is 6.92 Å². The van der Waals surface area contributed by atoms with E-state index >= 15 is 0 Å². The molecule has 0 bridgehead atoms. The third-order valence-electron chi connectivity index (χ3n) is 3.15. The molecule has 2 rings (SSSR count). The molecule has 2 N–H and O–H groups in total. The van der Waals surface area contributed by atoms with Gasteiger partial charge in [0, 0.05) is 11.9 Å². The van der Waals surface area contributed by atoms with Crippen LogP contribution >= 0.6 is 11.8 Å². The molecular formula is C12H17N3O2S.